The Morgan fingerprint density at radius 1 is 1.55 bits per heavy atom. The van der Waals surface area contributed by atoms with E-state index in [4.69, 9.17) is 0 Å². The van der Waals surface area contributed by atoms with E-state index < -0.39 is 10.2 Å². The van der Waals surface area contributed by atoms with Crippen LogP contribution in [0, 0.1) is 6.92 Å². The van der Waals surface area contributed by atoms with Crippen LogP contribution in [-0.4, -0.2) is 53.4 Å². The molecule has 1 saturated heterocycles. The molecule has 1 fully saturated rings. The van der Waals surface area contributed by atoms with Gasteiger partial charge in [0, 0.05) is 25.0 Å². The van der Waals surface area contributed by atoms with Crippen molar-refractivity contribution in [3.8, 4) is 0 Å². The van der Waals surface area contributed by atoms with Crippen LogP contribution in [0.3, 0.4) is 0 Å². The summed E-state index contributed by atoms with van der Waals surface area (Å²) in [7, 11) is -1.98. The molecule has 20 heavy (non-hydrogen) atoms. The smallest absolute Gasteiger partial charge is 0.282 e. The monoisotopic (exact) mass is 319 g/mol. The number of hydrogen-bond donors (Lipinski definition) is 1. The van der Waals surface area contributed by atoms with E-state index in [-0.39, 0.29) is 19.2 Å². The second-order valence-electron chi connectivity index (χ2n) is 5.06. The summed E-state index contributed by atoms with van der Waals surface area (Å²) in [5.74, 6) is 0. The van der Waals surface area contributed by atoms with Gasteiger partial charge in [-0.05, 0) is 19.8 Å². The van der Waals surface area contributed by atoms with Gasteiger partial charge in [-0.1, -0.05) is 6.42 Å². The Hall–Kier alpha value is -0.540. The summed E-state index contributed by atoms with van der Waals surface area (Å²) in [6.45, 7) is 2.52. The van der Waals surface area contributed by atoms with Crippen molar-refractivity contribution < 1.29 is 13.5 Å². The molecule has 6 nitrogen and oxygen atoms in total. The van der Waals surface area contributed by atoms with Crippen LogP contribution in [0.25, 0.3) is 0 Å². The highest BCUT2D eigenvalue weighted by Gasteiger charge is 2.34. The molecule has 1 atom stereocenters. The van der Waals surface area contributed by atoms with Gasteiger partial charge in [-0.3, -0.25) is 0 Å². The quantitative estimate of drug-likeness (QED) is 0.878. The number of nitrogens with zero attached hydrogens (tertiary/aromatic N) is 3. The highest BCUT2D eigenvalue weighted by atomic mass is 32.2. The molecule has 1 aliphatic heterocycles. The SMILES string of the molecule is Cc1nc(CN(C)S(=O)(=O)N2CCCCC2CO)cs1. The first kappa shape index (κ1) is 15.8. The number of piperidine rings is 1. The fraction of sp³-hybridized carbons (Fsp3) is 0.750. The molecule has 1 N–H and O–H groups in total. The Bertz CT molecular complexity index is 544. The molecular weight excluding hydrogens is 298 g/mol. The molecule has 0 saturated carbocycles. The maximum atomic E-state index is 12.6. The molecule has 1 unspecified atom stereocenters. The Kier molecular flexibility index (Phi) is 5.14. The second kappa shape index (κ2) is 6.48. The summed E-state index contributed by atoms with van der Waals surface area (Å²) in [6.07, 6.45) is 2.53. The second-order valence-corrected chi connectivity index (χ2v) is 8.11. The summed E-state index contributed by atoms with van der Waals surface area (Å²) in [4.78, 5) is 4.29. The third kappa shape index (κ3) is 3.37. The number of hydrogen-bond acceptors (Lipinski definition) is 5. The maximum Gasteiger partial charge on any atom is 0.282 e. The molecule has 2 heterocycles. The molecule has 2 rings (SSSR count). The van der Waals surface area contributed by atoms with Crippen LogP contribution in [0.4, 0.5) is 0 Å². The predicted molar refractivity (Wildman–Crippen MR) is 78.7 cm³/mol. The van der Waals surface area contributed by atoms with Gasteiger partial charge in [0.15, 0.2) is 0 Å². The van der Waals surface area contributed by atoms with Gasteiger partial charge >= 0.3 is 0 Å². The lowest BCUT2D eigenvalue weighted by Crippen LogP contribution is -2.50. The van der Waals surface area contributed by atoms with Crippen molar-refractivity contribution >= 4 is 21.5 Å². The number of aromatic nitrogens is 1. The molecule has 0 amide bonds. The average molecular weight is 319 g/mol. The Labute approximate surface area is 124 Å². The van der Waals surface area contributed by atoms with E-state index in [0.29, 0.717) is 6.54 Å². The van der Waals surface area contributed by atoms with Gasteiger partial charge in [0.05, 0.1) is 23.9 Å². The molecule has 0 bridgehead atoms. The van der Waals surface area contributed by atoms with Crippen molar-refractivity contribution in [2.24, 2.45) is 0 Å². The third-order valence-electron chi connectivity index (χ3n) is 3.53. The minimum atomic E-state index is -3.54. The Morgan fingerprint density at radius 3 is 2.90 bits per heavy atom. The van der Waals surface area contributed by atoms with Gasteiger partial charge in [0.25, 0.3) is 10.2 Å². The largest absolute Gasteiger partial charge is 0.395 e. The van der Waals surface area contributed by atoms with Crippen LogP contribution in [0.1, 0.15) is 30.0 Å². The summed E-state index contributed by atoms with van der Waals surface area (Å²) < 4.78 is 27.9. The van der Waals surface area contributed by atoms with Gasteiger partial charge in [0.1, 0.15) is 0 Å². The van der Waals surface area contributed by atoms with E-state index in [1.165, 1.54) is 19.9 Å². The van der Waals surface area contributed by atoms with Gasteiger partial charge in [-0.25, -0.2) is 4.98 Å². The van der Waals surface area contributed by atoms with Crippen molar-refractivity contribution in [1.29, 1.82) is 0 Å². The molecule has 0 aromatic carbocycles. The topological polar surface area (TPSA) is 73.7 Å². The van der Waals surface area contributed by atoms with E-state index in [1.54, 1.807) is 7.05 Å². The lowest BCUT2D eigenvalue weighted by molar-refractivity contribution is 0.148. The van der Waals surface area contributed by atoms with Crippen LogP contribution in [0.2, 0.25) is 0 Å². The zero-order chi connectivity index (χ0) is 14.8. The Balaban J connectivity index is 2.11. The molecule has 1 aromatic heterocycles. The van der Waals surface area contributed by atoms with E-state index >= 15 is 0 Å². The first-order chi connectivity index (χ1) is 9.45. The number of aryl methyl sites for hydroxylation is 1. The Morgan fingerprint density at radius 2 is 2.30 bits per heavy atom. The predicted octanol–water partition coefficient (Wildman–Crippen LogP) is 0.975. The van der Waals surface area contributed by atoms with E-state index in [0.717, 1.165) is 30.0 Å². The van der Waals surface area contributed by atoms with Crippen molar-refractivity contribution in [2.75, 3.05) is 20.2 Å². The van der Waals surface area contributed by atoms with Crippen LogP contribution in [0.15, 0.2) is 5.38 Å². The van der Waals surface area contributed by atoms with Gasteiger partial charge < -0.3 is 5.11 Å². The number of rotatable bonds is 5. The normalized spacial score (nSPS) is 21.5. The molecular formula is C12H21N3O3S2. The van der Waals surface area contributed by atoms with Crippen LogP contribution >= 0.6 is 11.3 Å². The number of aliphatic hydroxyl groups excluding tert-OH is 1. The highest BCUT2D eigenvalue weighted by molar-refractivity contribution is 7.86. The summed E-state index contributed by atoms with van der Waals surface area (Å²) in [5.41, 5.74) is 0.760. The summed E-state index contributed by atoms with van der Waals surface area (Å²) in [6, 6.07) is -0.298. The highest BCUT2D eigenvalue weighted by Crippen LogP contribution is 2.23. The van der Waals surface area contributed by atoms with Gasteiger partial charge in [0.2, 0.25) is 0 Å². The molecule has 0 radical (unpaired) electrons. The molecule has 114 valence electrons. The first-order valence-corrected chi connectivity index (χ1v) is 8.97. The molecule has 0 aliphatic carbocycles. The fourth-order valence-electron chi connectivity index (χ4n) is 2.43. The van der Waals surface area contributed by atoms with Crippen LogP contribution < -0.4 is 0 Å². The number of aliphatic hydroxyl groups is 1. The van der Waals surface area contributed by atoms with Crippen molar-refractivity contribution in [3.63, 3.8) is 0 Å². The van der Waals surface area contributed by atoms with E-state index in [1.807, 2.05) is 12.3 Å². The molecule has 8 heteroatoms. The lowest BCUT2D eigenvalue weighted by atomic mass is 10.1. The summed E-state index contributed by atoms with van der Waals surface area (Å²) in [5, 5.41) is 12.2. The summed E-state index contributed by atoms with van der Waals surface area (Å²) >= 11 is 1.51. The first-order valence-electron chi connectivity index (χ1n) is 6.70. The van der Waals surface area contributed by atoms with Gasteiger partial charge in [-0.15, -0.1) is 11.3 Å². The third-order valence-corrected chi connectivity index (χ3v) is 6.34. The number of thiazole rings is 1. The van der Waals surface area contributed by atoms with Crippen molar-refractivity contribution in [2.45, 2.75) is 38.8 Å². The average Bonchev–Trinajstić information content (AvgIpc) is 2.84. The van der Waals surface area contributed by atoms with E-state index in [9.17, 15) is 13.5 Å². The molecule has 1 aromatic rings. The van der Waals surface area contributed by atoms with Crippen LogP contribution in [0.5, 0.6) is 0 Å². The fourth-order valence-corrected chi connectivity index (χ4v) is 4.60. The zero-order valence-corrected chi connectivity index (χ0v) is 13.5. The van der Waals surface area contributed by atoms with E-state index in [2.05, 4.69) is 4.98 Å². The maximum absolute atomic E-state index is 12.6. The van der Waals surface area contributed by atoms with Gasteiger partial charge in [-0.2, -0.15) is 17.0 Å². The zero-order valence-electron chi connectivity index (χ0n) is 11.8. The molecule has 0 spiro atoms. The minimum Gasteiger partial charge on any atom is -0.395 e. The van der Waals surface area contributed by atoms with Crippen molar-refractivity contribution in [1.82, 2.24) is 13.6 Å². The minimum absolute atomic E-state index is 0.122. The standard InChI is InChI=1S/C12H21N3O3S2/c1-10-13-11(9-19-10)7-14(2)20(17,18)15-6-4-3-5-12(15)8-16/h9,12,16H,3-8H2,1-2H3. The lowest BCUT2D eigenvalue weighted by Gasteiger charge is -2.35. The van der Waals surface area contributed by atoms with Crippen molar-refractivity contribution in [3.05, 3.63) is 16.1 Å². The van der Waals surface area contributed by atoms with Crippen LogP contribution in [-0.2, 0) is 16.8 Å². The molecule has 1 aliphatic rings.